The molecule has 0 spiro atoms. The number of nitrogens with two attached hydrogens (primary N) is 3. The summed E-state index contributed by atoms with van der Waals surface area (Å²) in [6, 6.07) is 36.8. The molecular weight excluding hydrogens is 741 g/mol. The largest absolute Gasteiger partial charge is 0.480 e. The van der Waals surface area contributed by atoms with Crippen LogP contribution >= 0.6 is 0 Å². The fourth-order valence-electron chi connectivity index (χ4n) is 8.13. The van der Waals surface area contributed by atoms with E-state index in [9.17, 15) is 0 Å². The molecule has 2 fully saturated rings. The number of nitrogens with one attached hydrogen (secondary N) is 1. The van der Waals surface area contributed by atoms with Gasteiger partial charge in [-0.15, -0.1) is 0 Å². The number of methoxy groups -OCH3 is 2. The highest BCUT2D eigenvalue weighted by Crippen LogP contribution is 2.47. The van der Waals surface area contributed by atoms with Crippen molar-refractivity contribution in [2.75, 3.05) is 32.3 Å². The van der Waals surface area contributed by atoms with Crippen LogP contribution in [0.1, 0.15) is 49.7 Å². The number of furan rings is 2. The van der Waals surface area contributed by atoms with Gasteiger partial charge in [-0.25, -0.2) is 0 Å². The van der Waals surface area contributed by atoms with E-state index < -0.39 is 0 Å². The highest BCUT2D eigenvalue weighted by molar-refractivity contribution is 6.04. The highest BCUT2D eigenvalue weighted by atomic mass is 16.5. The Labute approximate surface area is 341 Å². The summed E-state index contributed by atoms with van der Waals surface area (Å²) in [6.07, 6.45) is 6.49. The minimum Gasteiger partial charge on any atom is -0.480 e. The molecule has 2 saturated carbocycles. The van der Waals surface area contributed by atoms with Crippen LogP contribution in [-0.4, -0.2) is 41.2 Å². The van der Waals surface area contributed by atoms with Crippen LogP contribution in [0.4, 0.5) is 11.9 Å². The molecule has 59 heavy (non-hydrogen) atoms. The van der Waals surface area contributed by atoms with Crippen molar-refractivity contribution < 1.29 is 18.3 Å². The predicted octanol–water partition coefficient (Wildman–Crippen LogP) is 9.43. The topological polar surface area (TPSA) is 186 Å². The van der Waals surface area contributed by atoms with E-state index in [0.29, 0.717) is 40.3 Å². The number of ether oxygens (including phenoxy) is 2. The Morgan fingerprint density at radius 3 is 1.36 bits per heavy atom. The normalized spacial score (nSPS) is 15.1. The van der Waals surface area contributed by atoms with Gasteiger partial charge in [-0.1, -0.05) is 109 Å². The molecule has 0 radical (unpaired) electrons. The van der Waals surface area contributed by atoms with Gasteiger partial charge < -0.3 is 40.8 Å². The molecular formula is C47H46N8O4. The number of benzene rings is 4. The zero-order chi connectivity index (χ0) is 40.7. The van der Waals surface area contributed by atoms with Crippen molar-refractivity contribution in [3.63, 3.8) is 0 Å². The van der Waals surface area contributed by atoms with Gasteiger partial charge in [-0.2, -0.15) is 19.9 Å². The molecule has 4 aromatic carbocycles. The molecule has 0 aliphatic heterocycles. The van der Waals surface area contributed by atoms with Gasteiger partial charge in [0.1, 0.15) is 22.3 Å². The molecule has 0 amide bonds. The number of anilines is 2. The summed E-state index contributed by atoms with van der Waals surface area (Å²) in [6.45, 7) is 0. The molecule has 8 aromatic rings. The summed E-state index contributed by atoms with van der Waals surface area (Å²) >= 11 is 0. The van der Waals surface area contributed by atoms with Gasteiger partial charge >= 0.3 is 0 Å². The molecule has 7 N–H and O–H groups in total. The molecule has 4 aromatic heterocycles. The quantitative estimate of drug-likeness (QED) is 0.109. The molecule has 0 atom stereocenters. The fraction of sp³-hybridized carbons (Fsp3) is 0.234. The second-order valence-electron chi connectivity index (χ2n) is 15.3. The van der Waals surface area contributed by atoms with Gasteiger partial charge in [0, 0.05) is 40.4 Å². The lowest BCUT2D eigenvalue weighted by molar-refractivity contribution is 0.253. The minimum atomic E-state index is -0.197. The van der Waals surface area contributed by atoms with Crippen molar-refractivity contribution in [1.82, 2.24) is 19.9 Å². The molecule has 298 valence electrons. The number of hydrogen-bond acceptors (Lipinski definition) is 12. The van der Waals surface area contributed by atoms with Crippen LogP contribution in [0.25, 0.3) is 67.1 Å². The standard InChI is InChI=1S/C24H24N4O2.C23H22N4O2/c1-26-23-27-21(29-2)19-18(15-7-4-3-5-8-15)20(30-22(19)28-23)16-9-11-17(12-10-16)24(25)13-6-14-24;1-28-20-18-17(14-6-3-2-4-7-14)19(29-21(18)27-22(24)26-20)15-8-10-16(11-9-15)23(25)12-5-13-23/h3-5,7-12H,6,13-14,25H2,1-2H3,(H,26,27,28);2-4,6-11H,5,12-13,25H2,1H3,(H2,24,26,27). The maximum Gasteiger partial charge on any atom is 0.236 e. The van der Waals surface area contributed by atoms with Crippen molar-refractivity contribution in [3.8, 4) is 56.7 Å². The van der Waals surface area contributed by atoms with Gasteiger partial charge in [-0.3, -0.25) is 0 Å². The van der Waals surface area contributed by atoms with Crippen LogP contribution in [-0.2, 0) is 11.1 Å². The predicted molar refractivity (Wildman–Crippen MR) is 232 cm³/mol. The van der Waals surface area contributed by atoms with Gasteiger partial charge in [0.25, 0.3) is 0 Å². The van der Waals surface area contributed by atoms with Crippen LogP contribution in [0.15, 0.2) is 118 Å². The molecule has 2 aliphatic carbocycles. The Morgan fingerprint density at radius 2 is 0.966 bits per heavy atom. The van der Waals surface area contributed by atoms with Crippen LogP contribution in [0.5, 0.6) is 11.8 Å². The van der Waals surface area contributed by atoms with Crippen molar-refractivity contribution in [2.24, 2.45) is 11.5 Å². The summed E-state index contributed by atoms with van der Waals surface area (Å²) in [4.78, 5) is 17.5. The fourth-order valence-corrected chi connectivity index (χ4v) is 8.13. The second kappa shape index (κ2) is 15.2. The molecule has 0 saturated heterocycles. The number of hydrogen-bond donors (Lipinski definition) is 4. The van der Waals surface area contributed by atoms with Crippen LogP contribution < -0.4 is 32.0 Å². The van der Waals surface area contributed by atoms with E-state index in [-0.39, 0.29) is 17.0 Å². The zero-order valence-corrected chi connectivity index (χ0v) is 33.3. The number of rotatable bonds is 9. The number of nitrogens with zero attached hydrogens (tertiary/aromatic N) is 4. The van der Waals surface area contributed by atoms with E-state index in [4.69, 9.17) is 35.5 Å². The number of aromatic nitrogens is 4. The summed E-state index contributed by atoms with van der Waals surface area (Å²) in [5.74, 6) is 2.88. The Kier molecular flexibility index (Phi) is 9.74. The molecule has 12 heteroatoms. The van der Waals surface area contributed by atoms with Gasteiger partial charge in [-0.05, 0) is 60.8 Å². The van der Waals surface area contributed by atoms with E-state index in [1.165, 1.54) is 18.4 Å². The minimum absolute atomic E-state index is 0.111. The van der Waals surface area contributed by atoms with Crippen molar-refractivity contribution >= 4 is 34.1 Å². The molecule has 4 heterocycles. The van der Waals surface area contributed by atoms with Crippen LogP contribution in [0, 0.1) is 0 Å². The van der Waals surface area contributed by atoms with Crippen LogP contribution in [0.2, 0.25) is 0 Å². The van der Waals surface area contributed by atoms with Gasteiger partial charge in [0.05, 0.1) is 14.2 Å². The van der Waals surface area contributed by atoms with E-state index in [2.05, 4.69) is 85.9 Å². The lowest BCUT2D eigenvalue weighted by atomic mass is 9.72. The third-order valence-corrected chi connectivity index (χ3v) is 11.7. The van der Waals surface area contributed by atoms with Gasteiger partial charge in [0.15, 0.2) is 0 Å². The Morgan fingerprint density at radius 1 is 0.542 bits per heavy atom. The number of fused-ring (bicyclic) bond motifs is 2. The monoisotopic (exact) mass is 786 g/mol. The smallest absolute Gasteiger partial charge is 0.236 e. The summed E-state index contributed by atoms with van der Waals surface area (Å²) in [5, 5.41) is 4.43. The van der Waals surface area contributed by atoms with E-state index in [1.54, 1.807) is 21.3 Å². The summed E-state index contributed by atoms with van der Waals surface area (Å²) < 4.78 is 23.6. The van der Waals surface area contributed by atoms with E-state index in [1.807, 2.05) is 48.5 Å². The molecule has 12 nitrogen and oxygen atoms in total. The first-order chi connectivity index (χ1) is 28.7. The number of nitrogen functional groups attached to an aromatic ring is 1. The average Bonchev–Trinajstić information content (AvgIpc) is 3.84. The lowest BCUT2D eigenvalue weighted by Crippen LogP contribution is -2.43. The van der Waals surface area contributed by atoms with Gasteiger partial charge in [0.2, 0.25) is 35.1 Å². The zero-order valence-electron chi connectivity index (χ0n) is 33.3. The first-order valence-corrected chi connectivity index (χ1v) is 19.8. The molecule has 0 unspecified atom stereocenters. The van der Waals surface area contributed by atoms with E-state index >= 15 is 0 Å². The Hall–Kier alpha value is -6.76. The summed E-state index contributed by atoms with van der Waals surface area (Å²) in [7, 11) is 4.94. The SMILES string of the molecule is CNc1nc(OC)c2c(-c3ccccc3)c(-c3ccc(C4(N)CCC4)cc3)oc2n1.COc1nc(N)nc2oc(-c3ccc(C4(N)CCC4)cc3)c(-c3ccccc3)c12. The third-order valence-electron chi connectivity index (χ3n) is 11.7. The van der Waals surface area contributed by atoms with Crippen LogP contribution in [0.3, 0.4) is 0 Å². The average molecular weight is 787 g/mol. The molecule has 2 aliphatic rings. The second-order valence-corrected chi connectivity index (χ2v) is 15.3. The maximum absolute atomic E-state index is 6.50. The Balaban J connectivity index is 0.000000152. The lowest BCUT2D eigenvalue weighted by Gasteiger charge is -2.38. The maximum atomic E-state index is 6.50. The van der Waals surface area contributed by atoms with E-state index in [0.717, 1.165) is 75.8 Å². The summed E-state index contributed by atoms with van der Waals surface area (Å²) in [5.41, 5.74) is 27.4. The van der Waals surface area contributed by atoms with Crippen molar-refractivity contribution in [1.29, 1.82) is 0 Å². The first-order valence-electron chi connectivity index (χ1n) is 19.8. The van der Waals surface area contributed by atoms with Crippen molar-refractivity contribution in [2.45, 2.75) is 49.6 Å². The molecule has 10 rings (SSSR count). The van der Waals surface area contributed by atoms with Crippen molar-refractivity contribution in [3.05, 3.63) is 120 Å². The molecule has 0 bridgehead atoms. The first kappa shape index (κ1) is 37.8. The Bertz CT molecular complexity index is 2760. The highest BCUT2D eigenvalue weighted by Gasteiger charge is 2.35. The third kappa shape index (κ3) is 6.79.